The minimum Gasteiger partial charge on any atom is -0.379 e. The Morgan fingerprint density at radius 3 is 2.52 bits per heavy atom. The molecule has 1 N–H and O–H groups in total. The molecule has 8 nitrogen and oxygen atoms in total. The Morgan fingerprint density at radius 1 is 1.17 bits per heavy atom. The molecule has 2 aliphatic rings. The molecule has 0 saturated carbocycles. The summed E-state index contributed by atoms with van der Waals surface area (Å²) in [5, 5.41) is 12.5. The molecule has 2 aliphatic heterocycles. The van der Waals surface area contributed by atoms with E-state index in [1.165, 1.54) is 28.7 Å². The fourth-order valence-corrected chi connectivity index (χ4v) is 4.88. The van der Waals surface area contributed by atoms with Gasteiger partial charge in [-0.05, 0) is 37.5 Å². The SMILES string of the molecule is N#C/C(=C/Nc1cc(S(=O)(=O)N2CCOCC2)ccc1Cl)C(=O)N1CCCCC1. The first kappa shape index (κ1) is 21.6. The average Bonchev–Trinajstić information content (AvgIpc) is 2.76. The molecule has 0 aromatic heterocycles. The van der Waals surface area contributed by atoms with Crippen LogP contribution in [0.4, 0.5) is 5.69 Å². The molecule has 1 amide bonds. The van der Waals surface area contributed by atoms with Gasteiger partial charge in [0.05, 0.1) is 28.8 Å². The van der Waals surface area contributed by atoms with Crippen LogP contribution in [0.3, 0.4) is 0 Å². The lowest BCUT2D eigenvalue weighted by molar-refractivity contribution is -0.127. The number of hydrogen-bond acceptors (Lipinski definition) is 6. The van der Waals surface area contributed by atoms with E-state index in [0.29, 0.717) is 32.0 Å². The number of benzene rings is 1. The molecule has 0 aliphatic carbocycles. The number of rotatable bonds is 5. The highest BCUT2D eigenvalue weighted by Crippen LogP contribution is 2.27. The second kappa shape index (κ2) is 9.59. The van der Waals surface area contributed by atoms with Crippen LogP contribution in [0.15, 0.2) is 34.9 Å². The smallest absolute Gasteiger partial charge is 0.266 e. The van der Waals surface area contributed by atoms with Gasteiger partial charge in [-0.2, -0.15) is 9.57 Å². The van der Waals surface area contributed by atoms with Crippen molar-refractivity contribution in [1.82, 2.24) is 9.21 Å². The molecule has 1 aromatic carbocycles. The number of morpholine rings is 1. The third kappa shape index (κ3) is 5.08. The van der Waals surface area contributed by atoms with E-state index in [1.54, 1.807) is 4.90 Å². The number of hydrogen-bond donors (Lipinski definition) is 1. The number of nitriles is 1. The number of halogens is 1. The quantitative estimate of drug-likeness (QED) is 0.558. The maximum atomic E-state index is 12.8. The average molecular weight is 439 g/mol. The van der Waals surface area contributed by atoms with Crippen molar-refractivity contribution < 1.29 is 17.9 Å². The number of ether oxygens (including phenoxy) is 1. The van der Waals surface area contributed by atoms with Gasteiger partial charge in [0.15, 0.2) is 0 Å². The van der Waals surface area contributed by atoms with E-state index in [1.807, 2.05) is 6.07 Å². The topological polar surface area (TPSA) is 103 Å². The van der Waals surface area contributed by atoms with Crippen molar-refractivity contribution in [2.75, 3.05) is 44.7 Å². The van der Waals surface area contributed by atoms with Gasteiger partial charge >= 0.3 is 0 Å². The molecule has 29 heavy (non-hydrogen) atoms. The van der Waals surface area contributed by atoms with Crippen LogP contribution in [0.5, 0.6) is 0 Å². The second-order valence-corrected chi connectivity index (χ2v) is 9.17. The second-order valence-electron chi connectivity index (χ2n) is 6.83. The Labute approximate surface area is 175 Å². The predicted octanol–water partition coefficient (Wildman–Crippen LogP) is 2.19. The summed E-state index contributed by atoms with van der Waals surface area (Å²) in [7, 11) is -3.69. The van der Waals surface area contributed by atoms with Crippen molar-refractivity contribution in [3.63, 3.8) is 0 Å². The van der Waals surface area contributed by atoms with Gasteiger partial charge in [0.2, 0.25) is 10.0 Å². The highest BCUT2D eigenvalue weighted by Gasteiger charge is 2.27. The number of piperidine rings is 1. The van der Waals surface area contributed by atoms with Crippen molar-refractivity contribution in [3.8, 4) is 6.07 Å². The monoisotopic (exact) mass is 438 g/mol. The van der Waals surface area contributed by atoms with E-state index < -0.39 is 10.0 Å². The van der Waals surface area contributed by atoms with Crippen LogP contribution in [-0.4, -0.2) is 62.9 Å². The van der Waals surface area contributed by atoms with E-state index in [9.17, 15) is 18.5 Å². The predicted molar refractivity (Wildman–Crippen MR) is 109 cm³/mol. The van der Waals surface area contributed by atoms with Crippen molar-refractivity contribution in [2.24, 2.45) is 0 Å². The summed E-state index contributed by atoms with van der Waals surface area (Å²) in [4.78, 5) is 14.3. The number of carbonyl (C=O) groups excluding carboxylic acids is 1. The zero-order valence-corrected chi connectivity index (χ0v) is 17.5. The number of carbonyl (C=O) groups is 1. The van der Waals surface area contributed by atoms with Crippen LogP contribution in [0.1, 0.15) is 19.3 Å². The van der Waals surface area contributed by atoms with Gasteiger partial charge in [0, 0.05) is 32.4 Å². The Hall–Kier alpha value is -2.12. The molecule has 0 atom stereocenters. The molecule has 0 bridgehead atoms. The molecule has 1 aromatic rings. The molecule has 10 heteroatoms. The number of nitrogens with zero attached hydrogens (tertiary/aromatic N) is 3. The Bertz CT molecular complexity index is 930. The van der Waals surface area contributed by atoms with Gasteiger partial charge in [0.25, 0.3) is 5.91 Å². The first-order valence-electron chi connectivity index (χ1n) is 9.47. The maximum Gasteiger partial charge on any atom is 0.266 e. The molecule has 0 spiro atoms. The summed E-state index contributed by atoms with van der Waals surface area (Å²) in [6, 6.07) is 6.23. The van der Waals surface area contributed by atoms with E-state index in [4.69, 9.17) is 16.3 Å². The third-order valence-corrected chi connectivity index (χ3v) is 7.14. The third-order valence-electron chi connectivity index (χ3n) is 4.91. The molecule has 156 valence electrons. The van der Waals surface area contributed by atoms with Crippen LogP contribution in [0.2, 0.25) is 5.02 Å². The Kier molecular flexibility index (Phi) is 7.14. The Balaban J connectivity index is 1.79. The van der Waals surface area contributed by atoms with E-state index in [-0.39, 0.29) is 34.5 Å². The molecule has 3 rings (SSSR count). The highest BCUT2D eigenvalue weighted by atomic mass is 35.5. The molecule has 2 fully saturated rings. The van der Waals surface area contributed by atoms with Gasteiger partial charge in [-0.25, -0.2) is 8.42 Å². The van der Waals surface area contributed by atoms with Crippen LogP contribution in [0.25, 0.3) is 0 Å². The fourth-order valence-electron chi connectivity index (χ4n) is 3.27. The highest BCUT2D eigenvalue weighted by molar-refractivity contribution is 7.89. The summed E-state index contributed by atoms with van der Waals surface area (Å²) < 4.78 is 32.2. The van der Waals surface area contributed by atoms with Gasteiger partial charge in [-0.3, -0.25) is 4.79 Å². The van der Waals surface area contributed by atoms with E-state index >= 15 is 0 Å². The van der Waals surface area contributed by atoms with Crippen molar-refractivity contribution >= 4 is 33.2 Å². The Morgan fingerprint density at radius 2 is 1.86 bits per heavy atom. The summed E-state index contributed by atoms with van der Waals surface area (Å²) in [5.41, 5.74) is 0.254. The molecular weight excluding hydrogens is 416 g/mol. The fraction of sp³-hybridized carbons (Fsp3) is 0.474. The number of likely N-dealkylation sites (tertiary alicyclic amines) is 1. The number of amides is 1. The summed E-state index contributed by atoms with van der Waals surface area (Å²) in [5.74, 6) is -0.340. The van der Waals surface area contributed by atoms with Crippen molar-refractivity contribution in [1.29, 1.82) is 5.26 Å². The van der Waals surface area contributed by atoms with Gasteiger partial charge < -0.3 is 15.0 Å². The molecule has 0 radical (unpaired) electrons. The van der Waals surface area contributed by atoms with Crippen molar-refractivity contribution in [3.05, 3.63) is 35.0 Å². The van der Waals surface area contributed by atoms with Gasteiger partial charge in [-0.15, -0.1) is 0 Å². The molecule has 2 saturated heterocycles. The summed E-state index contributed by atoms with van der Waals surface area (Å²) in [6.45, 7) is 2.54. The summed E-state index contributed by atoms with van der Waals surface area (Å²) >= 11 is 6.19. The minimum absolute atomic E-state index is 0.0515. The van der Waals surface area contributed by atoms with E-state index in [0.717, 1.165) is 19.3 Å². The van der Waals surface area contributed by atoms with E-state index in [2.05, 4.69) is 5.32 Å². The zero-order chi connectivity index (χ0) is 20.9. The van der Waals surface area contributed by atoms with Gasteiger partial charge in [-0.1, -0.05) is 11.6 Å². The van der Waals surface area contributed by atoms with Crippen LogP contribution in [0, 0.1) is 11.3 Å². The standard InChI is InChI=1S/C19H23ClN4O4S/c20-17-5-4-16(29(26,27)24-8-10-28-11-9-24)12-18(17)22-14-15(13-21)19(25)23-6-2-1-3-7-23/h4-5,12,14,22H,1-3,6-11H2/b15-14-. The van der Waals surface area contributed by atoms with Crippen LogP contribution >= 0.6 is 11.6 Å². The first-order valence-corrected chi connectivity index (χ1v) is 11.3. The van der Waals surface area contributed by atoms with Gasteiger partial charge in [0.1, 0.15) is 11.6 Å². The maximum absolute atomic E-state index is 12.8. The first-order chi connectivity index (χ1) is 13.9. The number of anilines is 1. The minimum atomic E-state index is -3.69. The lowest BCUT2D eigenvalue weighted by Gasteiger charge is -2.26. The largest absolute Gasteiger partial charge is 0.379 e. The lowest BCUT2D eigenvalue weighted by Crippen LogP contribution is -2.40. The zero-order valence-electron chi connectivity index (χ0n) is 15.9. The molecular formula is C19H23ClN4O4S. The van der Waals surface area contributed by atoms with Crippen LogP contribution in [-0.2, 0) is 19.6 Å². The van der Waals surface area contributed by atoms with Crippen LogP contribution < -0.4 is 5.32 Å². The summed E-state index contributed by atoms with van der Waals surface area (Å²) in [6.07, 6.45) is 4.20. The van der Waals surface area contributed by atoms with Crippen molar-refractivity contribution in [2.45, 2.75) is 24.2 Å². The normalized spacial score (nSPS) is 18.9. The molecule has 0 unspecified atom stereocenters. The number of nitrogens with one attached hydrogen (secondary N) is 1. The molecule has 2 heterocycles. The number of sulfonamides is 1. The lowest BCUT2D eigenvalue weighted by atomic mass is 10.1.